The summed E-state index contributed by atoms with van der Waals surface area (Å²) in [6.45, 7) is 19.4. The van der Waals surface area contributed by atoms with Crippen molar-refractivity contribution in [3.8, 4) is 39.5 Å². The summed E-state index contributed by atoms with van der Waals surface area (Å²) >= 11 is 0. The number of benzene rings is 4. The molecule has 4 rings (SSSR count). The van der Waals surface area contributed by atoms with E-state index in [2.05, 4.69) is 16.0 Å². The molecule has 0 aliphatic carbocycles. The van der Waals surface area contributed by atoms with Crippen LogP contribution in [-0.4, -0.2) is 77.5 Å². The molecule has 0 amide bonds. The second-order valence-corrected chi connectivity index (χ2v) is 18.3. The molecular formula is C47H64N8O12. The first-order chi connectivity index (χ1) is 31.6. The normalized spacial score (nSPS) is 13.4. The van der Waals surface area contributed by atoms with E-state index in [9.17, 15) is 40.5 Å². The lowest BCUT2D eigenvalue weighted by Crippen LogP contribution is -2.49. The molecule has 0 fully saturated rings. The average molecular weight is 933 g/mol. The van der Waals surface area contributed by atoms with Gasteiger partial charge in [-0.2, -0.15) is 0 Å². The maximum absolute atomic E-state index is 13.7. The first-order valence-electron chi connectivity index (χ1n) is 22.1. The summed E-state index contributed by atoms with van der Waals surface area (Å²) in [5, 5.41) is 59.3. The van der Waals surface area contributed by atoms with Gasteiger partial charge in [-0.25, -0.2) is 0 Å². The van der Waals surface area contributed by atoms with E-state index in [1.807, 2.05) is 68.4 Å². The van der Waals surface area contributed by atoms with Crippen LogP contribution in [0.2, 0.25) is 0 Å². The third-order valence-corrected chi connectivity index (χ3v) is 10.8. The van der Waals surface area contributed by atoms with Gasteiger partial charge >= 0.3 is 0 Å². The zero-order valence-corrected chi connectivity index (χ0v) is 39.8. The number of ether oxygens (including phenoxy) is 4. The molecular weight excluding hydrogens is 869 g/mol. The van der Waals surface area contributed by atoms with Crippen LogP contribution >= 0.6 is 0 Å². The van der Waals surface area contributed by atoms with Gasteiger partial charge in [-0.1, -0.05) is 59.7 Å². The quantitative estimate of drug-likeness (QED) is 0.0218. The Bertz CT molecular complexity index is 2310. The molecule has 0 bridgehead atoms. The molecule has 4 unspecified atom stereocenters. The maximum Gasteiger partial charge on any atom is 0.288 e. The largest absolute Gasteiger partial charge is 0.477 e. The van der Waals surface area contributed by atoms with Crippen molar-refractivity contribution in [2.45, 2.75) is 100 Å². The number of nitrogens with zero attached hydrogens (tertiary/aromatic N) is 5. The van der Waals surface area contributed by atoms with Gasteiger partial charge < -0.3 is 23.8 Å². The van der Waals surface area contributed by atoms with Gasteiger partial charge in [0.15, 0.2) is 0 Å². The zero-order valence-electron chi connectivity index (χ0n) is 39.8. The highest BCUT2D eigenvalue weighted by molar-refractivity contribution is 5.93. The van der Waals surface area contributed by atoms with Crippen molar-refractivity contribution < 1.29 is 38.6 Å². The summed E-state index contributed by atoms with van der Waals surface area (Å²) in [6, 6.07) is 18.9. The van der Waals surface area contributed by atoms with Crippen molar-refractivity contribution in [1.82, 2.24) is 16.0 Å². The van der Waals surface area contributed by atoms with Gasteiger partial charge in [0.1, 0.15) is 43.0 Å². The molecule has 0 aliphatic rings. The van der Waals surface area contributed by atoms with E-state index in [0.717, 1.165) is 6.07 Å². The number of hydrogen-bond donors (Lipinski definition) is 3. The van der Waals surface area contributed by atoms with E-state index >= 15 is 0 Å². The molecule has 4 atom stereocenters. The lowest BCUT2D eigenvalue weighted by molar-refractivity contribution is -0.487. The van der Waals surface area contributed by atoms with Gasteiger partial charge in [0.2, 0.25) is 6.54 Å². The summed E-state index contributed by atoms with van der Waals surface area (Å²) in [4.78, 5) is 49.2. The van der Waals surface area contributed by atoms with Crippen molar-refractivity contribution in [1.29, 1.82) is 0 Å². The van der Waals surface area contributed by atoms with Crippen molar-refractivity contribution in [2.24, 2.45) is 17.3 Å². The summed E-state index contributed by atoms with van der Waals surface area (Å²) in [5.41, 5.74) is -0.769. The van der Waals surface area contributed by atoms with Crippen LogP contribution in [0.5, 0.6) is 17.2 Å². The molecule has 0 saturated carbocycles. The van der Waals surface area contributed by atoms with E-state index in [0.29, 0.717) is 18.7 Å². The standard InChI is InChI=1S/C47H64N8O12/c1-30(2)34(7)50-29-65-42-23-36(53(58)59)16-18-38(42)39-20-21-41(64-27-48-26-47(8,9)10)44(45(39)55(62)63)40-19-17-37(54(60)61)24-43(40)67-46(66-28-49-31(3)4)52(35-14-12-11-13-15-35)33(6)22-32(5)25-51(56)57/h11-21,23-24,30-34,46,48-50H,22,25-29H2,1-10H3. The Morgan fingerprint density at radius 2 is 1.25 bits per heavy atom. The molecule has 20 nitrogen and oxygen atoms in total. The molecule has 4 aromatic rings. The first kappa shape index (κ1) is 53.1. The van der Waals surface area contributed by atoms with E-state index in [4.69, 9.17) is 18.9 Å². The van der Waals surface area contributed by atoms with Gasteiger partial charge in [0, 0.05) is 64.5 Å². The molecule has 20 heteroatoms. The van der Waals surface area contributed by atoms with Crippen molar-refractivity contribution in [3.05, 3.63) is 119 Å². The Labute approximate surface area is 390 Å². The number of nitro groups is 4. The second kappa shape index (κ2) is 24.3. The van der Waals surface area contributed by atoms with Crippen LogP contribution in [0.25, 0.3) is 22.3 Å². The van der Waals surface area contributed by atoms with Crippen LogP contribution in [-0.2, 0) is 4.74 Å². The predicted octanol–water partition coefficient (Wildman–Crippen LogP) is 9.52. The van der Waals surface area contributed by atoms with E-state index in [1.54, 1.807) is 36.1 Å². The summed E-state index contributed by atoms with van der Waals surface area (Å²) in [7, 11) is 0. The molecule has 0 saturated heterocycles. The number of rotatable bonds is 27. The molecule has 4 aromatic carbocycles. The SMILES string of the molecule is CC(CC(C)N(c1ccccc1)C(OCNC(C)C)Oc1cc([N+](=O)[O-])ccc1-c1c(OCNCC(C)(C)C)ccc(-c2ccc([N+](=O)[O-])cc2OCNC(C)C(C)C)c1[N+](=O)[O-])C[N+](=O)[O-]. The summed E-state index contributed by atoms with van der Waals surface area (Å²) in [6.07, 6.45) is -1.08. The fourth-order valence-electron chi connectivity index (χ4n) is 7.07. The highest BCUT2D eigenvalue weighted by Gasteiger charge is 2.34. The fraction of sp³-hybridized carbons (Fsp3) is 0.489. The van der Waals surface area contributed by atoms with Crippen molar-refractivity contribution in [2.75, 3.05) is 38.2 Å². The Morgan fingerprint density at radius 3 is 1.82 bits per heavy atom. The predicted molar refractivity (Wildman–Crippen MR) is 256 cm³/mol. The molecule has 0 spiro atoms. The van der Waals surface area contributed by atoms with Crippen LogP contribution in [0.3, 0.4) is 0 Å². The lowest BCUT2D eigenvalue weighted by atomic mass is 9.93. The highest BCUT2D eigenvalue weighted by Crippen LogP contribution is 2.50. The molecule has 0 aliphatic heterocycles. The average Bonchev–Trinajstić information content (AvgIpc) is 3.24. The summed E-state index contributed by atoms with van der Waals surface area (Å²) in [5.74, 6) is -0.379. The second-order valence-electron chi connectivity index (χ2n) is 18.3. The minimum atomic E-state index is -1.39. The third kappa shape index (κ3) is 15.6. The zero-order chi connectivity index (χ0) is 49.6. The van der Waals surface area contributed by atoms with Crippen LogP contribution in [0.4, 0.5) is 22.7 Å². The maximum atomic E-state index is 13.7. The molecule has 0 aromatic heterocycles. The minimum absolute atomic E-state index is 0.00523. The Balaban J connectivity index is 2.05. The molecule has 3 N–H and O–H groups in total. The van der Waals surface area contributed by atoms with Crippen molar-refractivity contribution >= 4 is 22.7 Å². The Kier molecular flexibility index (Phi) is 19.3. The van der Waals surface area contributed by atoms with Gasteiger partial charge in [-0.15, -0.1) is 0 Å². The third-order valence-electron chi connectivity index (χ3n) is 10.8. The Morgan fingerprint density at radius 1 is 0.657 bits per heavy atom. The summed E-state index contributed by atoms with van der Waals surface area (Å²) < 4.78 is 25.5. The first-order valence-corrected chi connectivity index (χ1v) is 22.1. The fourth-order valence-corrected chi connectivity index (χ4v) is 7.07. The molecule has 364 valence electrons. The highest BCUT2D eigenvalue weighted by atomic mass is 16.7. The number of nitro benzene ring substituents is 3. The van der Waals surface area contributed by atoms with Crippen LogP contribution < -0.4 is 35.1 Å². The van der Waals surface area contributed by atoms with E-state index in [1.165, 1.54) is 42.5 Å². The Hall–Kier alpha value is -6.48. The molecule has 0 radical (unpaired) electrons. The smallest absolute Gasteiger partial charge is 0.288 e. The van der Waals surface area contributed by atoms with Gasteiger partial charge in [-0.05, 0) is 81.8 Å². The van der Waals surface area contributed by atoms with Crippen LogP contribution in [0.15, 0.2) is 78.9 Å². The topological polar surface area (TPSA) is 249 Å². The lowest BCUT2D eigenvalue weighted by Gasteiger charge is -2.38. The van der Waals surface area contributed by atoms with Crippen LogP contribution in [0, 0.1) is 57.7 Å². The minimum Gasteiger partial charge on any atom is -0.477 e. The number of anilines is 1. The van der Waals surface area contributed by atoms with E-state index in [-0.39, 0.29) is 100 Å². The van der Waals surface area contributed by atoms with Crippen molar-refractivity contribution in [3.63, 3.8) is 0 Å². The number of hydrogen-bond acceptors (Lipinski definition) is 16. The monoisotopic (exact) mass is 932 g/mol. The number of para-hydroxylation sites is 1. The molecule has 67 heavy (non-hydrogen) atoms. The van der Waals surface area contributed by atoms with Crippen LogP contribution in [0.1, 0.15) is 75.7 Å². The van der Waals surface area contributed by atoms with E-state index < -0.39 is 44.5 Å². The van der Waals surface area contributed by atoms with Gasteiger partial charge in [0.05, 0.1) is 32.5 Å². The number of nitrogens with one attached hydrogen (secondary N) is 3. The van der Waals surface area contributed by atoms with Gasteiger partial charge in [-0.3, -0.25) is 56.4 Å². The number of non-ortho nitro benzene ring substituents is 2. The molecule has 0 heterocycles. The van der Waals surface area contributed by atoms with Gasteiger partial charge in [0.25, 0.3) is 23.5 Å².